The Kier molecular flexibility index (Phi) is 3.06. The monoisotopic (exact) mass is 243 g/mol. The van der Waals surface area contributed by atoms with Crippen LogP contribution in [0.15, 0.2) is 21.2 Å². The van der Waals surface area contributed by atoms with Crippen molar-refractivity contribution >= 4 is 15.9 Å². The lowest BCUT2D eigenvalue weighted by Crippen LogP contribution is -2.26. The van der Waals surface area contributed by atoms with E-state index in [4.69, 9.17) is 4.42 Å². The van der Waals surface area contributed by atoms with Gasteiger partial charge in [-0.05, 0) is 53.4 Å². The van der Waals surface area contributed by atoms with Gasteiger partial charge in [0.1, 0.15) is 5.76 Å². The van der Waals surface area contributed by atoms with Gasteiger partial charge in [0, 0.05) is 0 Å². The minimum Gasteiger partial charge on any atom is -0.453 e. The largest absolute Gasteiger partial charge is 0.453 e. The number of rotatable bonds is 4. The van der Waals surface area contributed by atoms with Gasteiger partial charge in [0.15, 0.2) is 4.67 Å². The molecule has 0 aliphatic heterocycles. The van der Waals surface area contributed by atoms with Crippen LogP contribution in [0.5, 0.6) is 0 Å². The zero-order valence-electron chi connectivity index (χ0n) is 7.55. The molecule has 1 aromatic rings. The molecule has 0 atom stereocenters. The third kappa shape index (κ3) is 2.58. The molecular weight excluding hydrogens is 230 g/mol. The topological polar surface area (TPSA) is 25.2 Å². The molecule has 1 N–H and O–H groups in total. The summed E-state index contributed by atoms with van der Waals surface area (Å²) in [6.07, 6.45) is 4.21. The molecule has 0 radical (unpaired) electrons. The molecule has 1 aliphatic carbocycles. The predicted octanol–water partition coefficient (Wildman–Crippen LogP) is 2.93. The summed E-state index contributed by atoms with van der Waals surface area (Å²) in [6.45, 7) is 1.99. The molecule has 1 saturated carbocycles. The summed E-state index contributed by atoms with van der Waals surface area (Å²) in [4.78, 5) is 0. The molecule has 1 heterocycles. The lowest BCUT2D eigenvalue weighted by atomic mass is 9.85. The SMILES string of the molecule is Brc1ccc(CNCC2CCC2)o1. The van der Waals surface area contributed by atoms with Crippen LogP contribution < -0.4 is 5.32 Å². The van der Waals surface area contributed by atoms with Gasteiger partial charge in [0.05, 0.1) is 6.54 Å². The van der Waals surface area contributed by atoms with Crippen molar-refractivity contribution in [2.75, 3.05) is 6.54 Å². The van der Waals surface area contributed by atoms with Crippen LogP contribution in [0.25, 0.3) is 0 Å². The van der Waals surface area contributed by atoms with Gasteiger partial charge >= 0.3 is 0 Å². The third-order valence-electron chi connectivity index (χ3n) is 2.59. The average molecular weight is 244 g/mol. The zero-order valence-corrected chi connectivity index (χ0v) is 9.14. The normalized spacial score (nSPS) is 17.3. The Morgan fingerprint density at radius 3 is 2.85 bits per heavy atom. The standard InChI is InChI=1S/C10H14BrNO/c11-10-5-4-9(13-10)7-12-6-8-2-1-3-8/h4-5,8,12H,1-3,6-7H2. The Bertz CT molecular complexity index is 268. The summed E-state index contributed by atoms with van der Waals surface area (Å²) < 4.78 is 6.18. The van der Waals surface area contributed by atoms with Crippen LogP contribution in [-0.2, 0) is 6.54 Å². The summed E-state index contributed by atoms with van der Waals surface area (Å²) in [5, 5.41) is 3.40. The number of furan rings is 1. The fourth-order valence-corrected chi connectivity index (χ4v) is 1.88. The molecule has 0 aromatic carbocycles. The van der Waals surface area contributed by atoms with E-state index in [9.17, 15) is 0 Å². The molecule has 72 valence electrons. The molecule has 2 nitrogen and oxygen atoms in total. The van der Waals surface area contributed by atoms with Crippen LogP contribution in [0.1, 0.15) is 25.0 Å². The number of hydrogen-bond acceptors (Lipinski definition) is 2. The van der Waals surface area contributed by atoms with Gasteiger partial charge in [0.2, 0.25) is 0 Å². The summed E-state index contributed by atoms with van der Waals surface area (Å²) in [5.74, 6) is 1.92. The van der Waals surface area contributed by atoms with E-state index in [1.807, 2.05) is 12.1 Å². The Balaban J connectivity index is 1.67. The summed E-state index contributed by atoms with van der Waals surface area (Å²) in [7, 11) is 0. The maximum absolute atomic E-state index is 5.37. The lowest BCUT2D eigenvalue weighted by molar-refractivity contribution is 0.297. The van der Waals surface area contributed by atoms with Crippen LogP contribution in [0.3, 0.4) is 0 Å². The van der Waals surface area contributed by atoms with E-state index in [1.54, 1.807) is 0 Å². The smallest absolute Gasteiger partial charge is 0.169 e. The molecule has 0 unspecified atom stereocenters. The predicted molar refractivity (Wildman–Crippen MR) is 55.5 cm³/mol. The second-order valence-electron chi connectivity index (χ2n) is 3.63. The quantitative estimate of drug-likeness (QED) is 0.880. The molecule has 1 aliphatic rings. The van der Waals surface area contributed by atoms with Gasteiger partial charge in [-0.15, -0.1) is 0 Å². The van der Waals surface area contributed by atoms with E-state index < -0.39 is 0 Å². The molecule has 2 rings (SSSR count). The molecule has 0 amide bonds. The van der Waals surface area contributed by atoms with Crippen LogP contribution >= 0.6 is 15.9 Å². The average Bonchev–Trinajstić information content (AvgIpc) is 2.42. The van der Waals surface area contributed by atoms with Crippen molar-refractivity contribution in [1.29, 1.82) is 0 Å². The maximum atomic E-state index is 5.37. The number of halogens is 1. The second-order valence-corrected chi connectivity index (χ2v) is 4.42. The third-order valence-corrected chi connectivity index (χ3v) is 3.01. The van der Waals surface area contributed by atoms with Gasteiger partial charge < -0.3 is 9.73 Å². The van der Waals surface area contributed by atoms with Crippen molar-refractivity contribution < 1.29 is 4.42 Å². The fraction of sp³-hybridized carbons (Fsp3) is 0.600. The molecule has 0 spiro atoms. The van der Waals surface area contributed by atoms with Crippen molar-refractivity contribution in [3.63, 3.8) is 0 Å². The highest BCUT2D eigenvalue weighted by Gasteiger charge is 2.16. The first-order chi connectivity index (χ1) is 6.34. The summed E-state index contributed by atoms with van der Waals surface area (Å²) in [5.41, 5.74) is 0. The van der Waals surface area contributed by atoms with Crippen molar-refractivity contribution in [3.05, 3.63) is 22.6 Å². The van der Waals surface area contributed by atoms with E-state index in [1.165, 1.54) is 19.3 Å². The highest BCUT2D eigenvalue weighted by atomic mass is 79.9. The lowest BCUT2D eigenvalue weighted by Gasteiger charge is -2.25. The van der Waals surface area contributed by atoms with Gasteiger partial charge in [0.25, 0.3) is 0 Å². The van der Waals surface area contributed by atoms with Crippen LogP contribution in [0, 0.1) is 5.92 Å². The first kappa shape index (κ1) is 9.28. The number of nitrogens with one attached hydrogen (secondary N) is 1. The minimum atomic E-state index is 0.813. The van der Waals surface area contributed by atoms with E-state index >= 15 is 0 Å². The minimum absolute atomic E-state index is 0.813. The molecule has 0 saturated heterocycles. The van der Waals surface area contributed by atoms with Gasteiger partial charge in [-0.1, -0.05) is 6.42 Å². The maximum Gasteiger partial charge on any atom is 0.169 e. The molecule has 13 heavy (non-hydrogen) atoms. The van der Waals surface area contributed by atoms with E-state index in [0.717, 1.165) is 29.4 Å². The van der Waals surface area contributed by atoms with Crippen molar-refractivity contribution in [1.82, 2.24) is 5.32 Å². The first-order valence-electron chi connectivity index (χ1n) is 4.79. The van der Waals surface area contributed by atoms with Crippen LogP contribution in [-0.4, -0.2) is 6.54 Å². The van der Waals surface area contributed by atoms with Gasteiger partial charge in [-0.3, -0.25) is 0 Å². The molecule has 0 bridgehead atoms. The Labute approximate surface area is 86.8 Å². The Hall–Kier alpha value is -0.280. The van der Waals surface area contributed by atoms with Crippen molar-refractivity contribution in [3.8, 4) is 0 Å². The van der Waals surface area contributed by atoms with Crippen LogP contribution in [0.4, 0.5) is 0 Å². The first-order valence-corrected chi connectivity index (χ1v) is 5.59. The Morgan fingerprint density at radius 2 is 2.31 bits per heavy atom. The van der Waals surface area contributed by atoms with E-state index in [0.29, 0.717) is 0 Å². The molecule has 1 aromatic heterocycles. The van der Waals surface area contributed by atoms with E-state index in [-0.39, 0.29) is 0 Å². The summed E-state index contributed by atoms with van der Waals surface area (Å²) in [6, 6.07) is 3.93. The number of hydrogen-bond donors (Lipinski definition) is 1. The molecule has 3 heteroatoms. The molecular formula is C10H14BrNO. The van der Waals surface area contributed by atoms with Crippen molar-refractivity contribution in [2.45, 2.75) is 25.8 Å². The second kappa shape index (κ2) is 4.29. The van der Waals surface area contributed by atoms with Gasteiger partial charge in [-0.25, -0.2) is 0 Å². The highest BCUT2D eigenvalue weighted by Crippen LogP contribution is 2.25. The zero-order chi connectivity index (χ0) is 9.10. The highest BCUT2D eigenvalue weighted by molar-refractivity contribution is 9.10. The van der Waals surface area contributed by atoms with Gasteiger partial charge in [-0.2, -0.15) is 0 Å². The summed E-state index contributed by atoms with van der Waals surface area (Å²) >= 11 is 3.28. The van der Waals surface area contributed by atoms with Crippen molar-refractivity contribution in [2.24, 2.45) is 5.92 Å². The fourth-order valence-electron chi connectivity index (χ4n) is 1.54. The van der Waals surface area contributed by atoms with E-state index in [2.05, 4.69) is 21.2 Å². The van der Waals surface area contributed by atoms with Crippen LogP contribution in [0.2, 0.25) is 0 Å². The molecule has 1 fully saturated rings. The Morgan fingerprint density at radius 1 is 1.46 bits per heavy atom.